The van der Waals surface area contributed by atoms with Crippen LogP contribution in [-0.4, -0.2) is 5.11 Å². The Balaban J connectivity index is 1.96. The van der Waals surface area contributed by atoms with Crippen LogP contribution in [0.3, 0.4) is 0 Å². The van der Waals surface area contributed by atoms with Crippen molar-refractivity contribution in [3.8, 4) is 11.1 Å². The Morgan fingerprint density at radius 1 is 0.950 bits per heavy atom. The normalized spacial score (nSPS) is 12.3. The van der Waals surface area contributed by atoms with E-state index in [-0.39, 0.29) is 0 Å². The van der Waals surface area contributed by atoms with Gasteiger partial charge in [0.2, 0.25) is 0 Å². The van der Waals surface area contributed by atoms with Gasteiger partial charge in [-0.25, -0.2) is 0 Å². The fraction of sp³-hybridized carbons (Fsp3) is 0.111. The summed E-state index contributed by atoms with van der Waals surface area (Å²) in [5.41, 5.74) is 5.18. The fourth-order valence-electron chi connectivity index (χ4n) is 2.42. The van der Waals surface area contributed by atoms with E-state index in [1.54, 1.807) is 18.6 Å². The summed E-state index contributed by atoms with van der Waals surface area (Å²) in [5, 5.41) is 10.3. The van der Waals surface area contributed by atoms with Crippen LogP contribution in [0.15, 0.2) is 71.5 Å². The lowest BCUT2D eigenvalue weighted by atomic mass is 9.95. The van der Waals surface area contributed by atoms with E-state index in [4.69, 9.17) is 4.42 Å². The quantitative estimate of drug-likeness (QED) is 0.763. The topological polar surface area (TPSA) is 33.4 Å². The Morgan fingerprint density at radius 2 is 1.75 bits per heavy atom. The lowest BCUT2D eigenvalue weighted by Gasteiger charge is -2.12. The lowest BCUT2D eigenvalue weighted by molar-refractivity contribution is 0.219. The highest BCUT2D eigenvalue weighted by Crippen LogP contribution is 2.28. The van der Waals surface area contributed by atoms with Crippen molar-refractivity contribution >= 4 is 0 Å². The number of hydrogen-bond acceptors (Lipinski definition) is 2. The lowest BCUT2D eigenvalue weighted by Crippen LogP contribution is -1.99. The van der Waals surface area contributed by atoms with Crippen LogP contribution < -0.4 is 0 Å². The molecule has 2 heteroatoms. The van der Waals surface area contributed by atoms with Crippen molar-refractivity contribution in [2.24, 2.45) is 0 Å². The maximum atomic E-state index is 10.3. The zero-order valence-corrected chi connectivity index (χ0v) is 11.3. The zero-order valence-electron chi connectivity index (χ0n) is 11.3. The Kier molecular flexibility index (Phi) is 3.40. The molecule has 0 radical (unpaired) electrons. The van der Waals surface area contributed by atoms with Gasteiger partial charge in [-0.15, -0.1) is 0 Å². The molecule has 0 aliphatic heterocycles. The highest BCUT2D eigenvalue weighted by Gasteiger charge is 2.13. The fourth-order valence-corrected chi connectivity index (χ4v) is 2.42. The minimum Gasteiger partial charge on any atom is -0.472 e. The number of aryl methyl sites for hydroxylation is 1. The van der Waals surface area contributed by atoms with E-state index < -0.39 is 6.10 Å². The first-order valence-corrected chi connectivity index (χ1v) is 6.62. The molecule has 3 rings (SSSR count). The van der Waals surface area contributed by atoms with Gasteiger partial charge in [0.25, 0.3) is 0 Å². The molecule has 0 aliphatic rings. The SMILES string of the molecule is Cc1cc([C@@H](O)c2ccoc2)ccc1-c1ccccc1. The van der Waals surface area contributed by atoms with Gasteiger partial charge in [0.1, 0.15) is 6.10 Å². The molecule has 0 saturated carbocycles. The molecular weight excluding hydrogens is 248 g/mol. The van der Waals surface area contributed by atoms with E-state index >= 15 is 0 Å². The number of rotatable bonds is 3. The van der Waals surface area contributed by atoms with Gasteiger partial charge in [0, 0.05) is 5.56 Å². The van der Waals surface area contributed by atoms with Gasteiger partial charge >= 0.3 is 0 Å². The second-order valence-corrected chi connectivity index (χ2v) is 4.90. The summed E-state index contributed by atoms with van der Waals surface area (Å²) < 4.78 is 5.02. The molecule has 2 nitrogen and oxygen atoms in total. The van der Waals surface area contributed by atoms with Crippen molar-refractivity contribution in [3.63, 3.8) is 0 Å². The maximum absolute atomic E-state index is 10.3. The van der Waals surface area contributed by atoms with Gasteiger partial charge < -0.3 is 9.52 Å². The third kappa shape index (κ3) is 2.38. The minimum atomic E-state index is -0.641. The van der Waals surface area contributed by atoms with Crippen LogP contribution in [0, 0.1) is 6.92 Å². The Labute approximate surface area is 118 Å². The van der Waals surface area contributed by atoms with E-state index in [0.717, 1.165) is 16.7 Å². The Bertz CT molecular complexity index is 685. The third-order valence-corrected chi connectivity index (χ3v) is 3.51. The van der Waals surface area contributed by atoms with Crippen LogP contribution in [0.5, 0.6) is 0 Å². The summed E-state index contributed by atoms with van der Waals surface area (Å²) in [6.45, 7) is 2.06. The molecule has 0 saturated heterocycles. The van der Waals surface area contributed by atoms with Crippen molar-refractivity contribution in [2.75, 3.05) is 0 Å². The highest BCUT2D eigenvalue weighted by molar-refractivity contribution is 5.67. The number of benzene rings is 2. The van der Waals surface area contributed by atoms with Gasteiger partial charge in [-0.05, 0) is 35.2 Å². The van der Waals surface area contributed by atoms with E-state index in [1.165, 1.54) is 11.1 Å². The van der Waals surface area contributed by atoms with Gasteiger partial charge in [0.05, 0.1) is 12.5 Å². The summed E-state index contributed by atoms with van der Waals surface area (Å²) in [6, 6.07) is 18.1. The van der Waals surface area contributed by atoms with Crippen LogP contribution in [0.4, 0.5) is 0 Å². The molecule has 1 heterocycles. The van der Waals surface area contributed by atoms with E-state index in [9.17, 15) is 5.11 Å². The van der Waals surface area contributed by atoms with Crippen LogP contribution in [-0.2, 0) is 0 Å². The molecule has 1 aromatic heterocycles. The average Bonchev–Trinajstić information content (AvgIpc) is 3.01. The molecule has 3 aromatic rings. The first-order valence-electron chi connectivity index (χ1n) is 6.62. The highest BCUT2D eigenvalue weighted by atomic mass is 16.3. The number of aliphatic hydroxyl groups is 1. The van der Waals surface area contributed by atoms with E-state index in [1.807, 2.05) is 30.3 Å². The molecule has 0 aliphatic carbocycles. The zero-order chi connectivity index (χ0) is 13.9. The third-order valence-electron chi connectivity index (χ3n) is 3.51. The molecule has 0 spiro atoms. The van der Waals surface area contributed by atoms with Gasteiger partial charge in [-0.1, -0.05) is 48.5 Å². The van der Waals surface area contributed by atoms with Gasteiger partial charge in [-0.2, -0.15) is 0 Å². The predicted molar refractivity (Wildman–Crippen MR) is 79.4 cm³/mol. The first kappa shape index (κ1) is 12.7. The summed E-state index contributed by atoms with van der Waals surface area (Å²) in [5.74, 6) is 0. The Hall–Kier alpha value is -2.32. The van der Waals surface area contributed by atoms with Gasteiger partial charge in [-0.3, -0.25) is 0 Å². The van der Waals surface area contributed by atoms with Crippen molar-refractivity contribution in [1.29, 1.82) is 0 Å². The minimum absolute atomic E-state index is 0.641. The maximum Gasteiger partial charge on any atom is 0.107 e. The van der Waals surface area contributed by atoms with Crippen molar-refractivity contribution in [3.05, 3.63) is 83.8 Å². The number of hydrogen-bond donors (Lipinski definition) is 1. The average molecular weight is 264 g/mol. The number of furan rings is 1. The number of aliphatic hydroxyl groups excluding tert-OH is 1. The van der Waals surface area contributed by atoms with Crippen LogP contribution >= 0.6 is 0 Å². The molecule has 0 unspecified atom stereocenters. The molecule has 1 atom stereocenters. The molecule has 1 N–H and O–H groups in total. The monoisotopic (exact) mass is 264 g/mol. The standard InChI is InChI=1S/C18H16O2/c1-13-11-15(18(19)16-9-10-20-12-16)7-8-17(13)14-5-3-2-4-6-14/h2-12,18-19H,1H3/t18-/m1/s1. The van der Waals surface area contributed by atoms with Crippen LogP contribution in [0.25, 0.3) is 11.1 Å². The predicted octanol–water partition coefficient (Wildman–Crippen LogP) is 4.34. The Morgan fingerprint density at radius 3 is 2.40 bits per heavy atom. The largest absolute Gasteiger partial charge is 0.472 e. The van der Waals surface area contributed by atoms with E-state index in [2.05, 4.69) is 25.1 Å². The molecule has 20 heavy (non-hydrogen) atoms. The summed E-state index contributed by atoms with van der Waals surface area (Å²) in [7, 11) is 0. The molecule has 2 aromatic carbocycles. The van der Waals surface area contributed by atoms with E-state index in [0.29, 0.717) is 0 Å². The molecule has 0 amide bonds. The van der Waals surface area contributed by atoms with Crippen molar-refractivity contribution in [1.82, 2.24) is 0 Å². The molecule has 100 valence electrons. The van der Waals surface area contributed by atoms with Crippen molar-refractivity contribution in [2.45, 2.75) is 13.0 Å². The molecule has 0 bridgehead atoms. The smallest absolute Gasteiger partial charge is 0.107 e. The van der Waals surface area contributed by atoms with Gasteiger partial charge in [0.15, 0.2) is 0 Å². The second-order valence-electron chi connectivity index (χ2n) is 4.90. The summed E-state index contributed by atoms with van der Waals surface area (Å²) in [6.07, 6.45) is 2.51. The first-order chi connectivity index (χ1) is 9.75. The summed E-state index contributed by atoms with van der Waals surface area (Å²) >= 11 is 0. The van der Waals surface area contributed by atoms with Crippen LogP contribution in [0.2, 0.25) is 0 Å². The van der Waals surface area contributed by atoms with Crippen molar-refractivity contribution < 1.29 is 9.52 Å². The summed E-state index contributed by atoms with van der Waals surface area (Å²) in [4.78, 5) is 0. The van der Waals surface area contributed by atoms with Crippen LogP contribution in [0.1, 0.15) is 22.8 Å². The molecular formula is C18H16O2. The second kappa shape index (κ2) is 5.35. The molecule has 0 fully saturated rings.